The van der Waals surface area contributed by atoms with E-state index in [0.717, 1.165) is 28.6 Å². The van der Waals surface area contributed by atoms with Gasteiger partial charge in [-0.2, -0.15) is 17.5 Å². The van der Waals surface area contributed by atoms with Crippen LogP contribution in [0.3, 0.4) is 0 Å². The van der Waals surface area contributed by atoms with Gasteiger partial charge in [-0.05, 0) is 60.3 Å². The molecule has 0 bridgehead atoms. The van der Waals surface area contributed by atoms with E-state index in [2.05, 4.69) is 14.7 Å². The molecule has 40 heavy (non-hydrogen) atoms. The molecule has 1 aromatic heterocycles. The molecule has 7 nitrogen and oxygen atoms in total. The van der Waals surface area contributed by atoms with Gasteiger partial charge >= 0.3 is 12.2 Å². The van der Waals surface area contributed by atoms with Crippen molar-refractivity contribution >= 4 is 23.3 Å². The lowest BCUT2D eigenvalue weighted by molar-refractivity contribution is -0.162. The van der Waals surface area contributed by atoms with Gasteiger partial charge in [0.1, 0.15) is 29.0 Å². The molecule has 0 radical (unpaired) electrons. The Labute approximate surface area is 229 Å². The van der Waals surface area contributed by atoms with Gasteiger partial charge in [0.25, 0.3) is 6.43 Å². The van der Waals surface area contributed by atoms with Gasteiger partial charge in [-0.25, -0.2) is 22.9 Å². The van der Waals surface area contributed by atoms with Crippen LogP contribution in [-0.4, -0.2) is 70.2 Å². The lowest BCUT2D eigenvalue weighted by Gasteiger charge is -2.39. The first-order valence-electron chi connectivity index (χ1n) is 12.4. The van der Waals surface area contributed by atoms with E-state index < -0.39 is 36.7 Å². The predicted molar refractivity (Wildman–Crippen MR) is 135 cm³/mol. The van der Waals surface area contributed by atoms with Crippen LogP contribution in [0.5, 0.6) is 5.75 Å². The van der Waals surface area contributed by atoms with Crippen LogP contribution in [0.2, 0.25) is 0 Å². The summed E-state index contributed by atoms with van der Waals surface area (Å²) >= 11 is 1.15. The molecule has 14 heteroatoms. The zero-order valence-electron chi connectivity index (χ0n) is 21.2. The number of urea groups is 1. The standard InChI is InChI=1S/C26H25F6N5O2S/c1-15-2-4-17(9-19(15)27)25(23-33-14-34-40-23)6-7-37(12-25)24(38)35-20-8-16(22(28)29)3-5-21(20)39-18-10-36(11-18)13-26(30,31)32/h2-5,8-9,14,18,22H,6-7,10-13H2,1H3,(H,35,38). The summed E-state index contributed by atoms with van der Waals surface area (Å²) in [6, 6.07) is 7.79. The first kappa shape index (κ1) is 28.1. The number of hydrogen-bond donors (Lipinski definition) is 1. The lowest BCUT2D eigenvalue weighted by atomic mass is 9.80. The molecule has 2 aliphatic rings. The number of amides is 2. The molecule has 1 unspecified atom stereocenters. The van der Waals surface area contributed by atoms with Crippen molar-refractivity contribution in [2.24, 2.45) is 0 Å². The topological polar surface area (TPSA) is 70.6 Å². The number of halogens is 6. The molecule has 2 amide bonds. The minimum Gasteiger partial charge on any atom is -0.486 e. The van der Waals surface area contributed by atoms with Gasteiger partial charge in [0.05, 0.1) is 17.6 Å². The zero-order valence-corrected chi connectivity index (χ0v) is 22.0. The summed E-state index contributed by atoms with van der Waals surface area (Å²) in [6.45, 7) is 0.990. The van der Waals surface area contributed by atoms with Gasteiger partial charge in [-0.1, -0.05) is 12.1 Å². The first-order chi connectivity index (χ1) is 18.9. The van der Waals surface area contributed by atoms with E-state index in [0.29, 0.717) is 22.6 Å². The maximum Gasteiger partial charge on any atom is 0.401 e. The SMILES string of the molecule is Cc1ccc(C2(c3ncns3)CCN(C(=O)Nc3cc(C(F)F)ccc3OC3CN(CC(F)(F)F)C3)C2)cc1F. The van der Waals surface area contributed by atoms with Crippen molar-refractivity contribution in [3.63, 3.8) is 0 Å². The molecule has 5 rings (SSSR count). The molecule has 0 spiro atoms. The second kappa shape index (κ2) is 10.9. The van der Waals surface area contributed by atoms with Gasteiger partial charge < -0.3 is 15.0 Å². The third-order valence-corrected chi connectivity index (χ3v) is 8.04. The summed E-state index contributed by atoms with van der Waals surface area (Å²) in [4.78, 5) is 20.3. The van der Waals surface area contributed by atoms with Gasteiger partial charge in [0.15, 0.2) is 0 Å². The average molecular weight is 586 g/mol. The molecule has 0 aliphatic carbocycles. The van der Waals surface area contributed by atoms with Crippen LogP contribution in [0.1, 0.15) is 34.5 Å². The van der Waals surface area contributed by atoms with E-state index in [4.69, 9.17) is 4.74 Å². The number of rotatable bonds is 7. The molecule has 3 heterocycles. The highest BCUT2D eigenvalue weighted by Crippen LogP contribution is 2.42. The molecular formula is C26H25F6N5O2S. The van der Waals surface area contributed by atoms with Gasteiger partial charge in [-0.3, -0.25) is 4.90 Å². The predicted octanol–water partition coefficient (Wildman–Crippen LogP) is 5.77. The Kier molecular flexibility index (Phi) is 7.66. The van der Waals surface area contributed by atoms with E-state index in [1.165, 1.54) is 23.4 Å². The average Bonchev–Trinajstić information content (AvgIpc) is 3.56. The highest BCUT2D eigenvalue weighted by molar-refractivity contribution is 7.05. The van der Waals surface area contributed by atoms with Gasteiger partial charge in [-0.15, -0.1) is 0 Å². The summed E-state index contributed by atoms with van der Waals surface area (Å²) in [6.07, 6.45) is -5.93. The number of likely N-dealkylation sites (tertiary alicyclic amines) is 2. The number of alkyl halides is 5. The Morgan fingerprint density at radius 3 is 2.65 bits per heavy atom. The second-order valence-corrected chi connectivity index (χ2v) is 10.8. The highest BCUT2D eigenvalue weighted by atomic mass is 32.1. The fraction of sp³-hybridized carbons (Fsp3) is 0.423. The smallest absolute Gasteiger partial charge is 0.401 e. The first-order valence-corrected chi connectivity index (χ1v) is 13.2. The van der Waals surface area contributed by atoms with Crippen LogP contribution in [-0.2, 0) is 5.41 Å². The van der Waals surface area contributed by atoms with Crippen LogP contribution in [0.15, 0.2) is 42.7 Å². The Balaban J connectivity index is 1.34. The fourth-order valence-electron chi connectivity index (χ4n) is 5.03. The lowest BCUT2D eigenvalue weighted by Crippen LogP contribution is -2.56. The number of carbonyl (C=O) groups is 1. The Morgan fingerprint density at radius 2 is 2.00 bits per heavy atom. The summed E-state index contributed by atoms with van der Waals surface area (Å²) in [7, 11) is 0. The zero-order chi connectivity index (χ0) is 28.7. The van der Waals surface area contributed by atoms with Crippen molar-refractivity contribution < 1.29 is 35.9 Å². The molecule has 2 aromatic carbocycles. The molecule has 0 saturated carbocycles. The number of aromatic nitrogens is 2. The number of ether oxygens (including phenoxy) is 1. The van der Waals surface area contributed by atoms with Crippen molar-refractivity contribution in [3.8, 4) is 5.75 Å². The highest BCUT2D eigenvalue weighted by Gasteiger charge is 2.46. The summed E-state index contributed by atoms with van der Waals surface area (Å²) in [5, 5.41) is 3.25. The normalized spacial score (nSPS) is 20.1. The molecule has 1 N–H and O–H groups in total. The summed E-state index contributed by atoms with van der Waals surface area (Å²) in [5.41, 5.74) is -0.0741. The van der Waals surface area contributed by atoms with Crippen LogP contribution < -0.4 is 10.1 Å². The van der Waals surface area contributed by atoms with Gasteiger partial charge in [0, 0.05) is 31.7 Å². The third-order valence-electron chi connectivity index (χ3n) is 7.17. The van der Waals surface area contributed by atoms with E-state index in [-0.39, 0.29) is 49.0 Å². The van der Waals surface area contributed by atoms with Crippen LogP contribution in [0.25, 0.3) is 0 Å². The van der Waals surface area contributed by atoms with E-state index >= 15 is 0 Å². The van der Waals surface area contributed by atoms with Crippen molar-refractivity contribution in [2.45, 2.75) is 37.5 Å². The molecule has 2 fully saturated rings. The van der Waals surface area contributed by atoms with Gasteiger partial charge in [0.2, 0.25) is 0 Å². The van der Waals surface area contributed by atoms with Crippen molar-refractivity contribution in [2.75, 3.05) is 38.0 Å². The summed E-state index contributed by atoms with van der Waals surface area (Å²) < 4.78 is 89.1. The number of anilines is 1. The van der Waals surface area contributed by atoms with E-state index in [9.17, 15) is 31.1 Å². The third kappa shape index (κ3) is 5.87. The maximum absolute atomic E-state index is 14.5. The largest absolute Gasteiger partial charge is 0.486 e. The van der Waals surface area contributed by atoms with E-state index in [1.54, 1.807) is 19.1 Å². The minimum atomic E-state index is -4.34. The Bertz CT molecular complexity index is 1370. The quantitative estimate of drug-likeness (QED) is 0.357. The molecule has 3 aromatic rings. The second-order valence-electron chi connectivity index (χ2n) is 10.00. The number of aryl methyl sites for hydroxylation is 1. The molecule has 1 atom stereocenters. The van der Waals surface area contributed by atoms with Crippen molar-refractivity contribution in [3.05, 3.63) is 70.2 Å². The van der Waals surface area contributed by atoms with E-state index in [1.807, 2.05) is 0 Å². The minimum absolute atomic E-state index is 0.00704. The Hall–Kier alpha value is -3.39. The monoisotopic (exact) mass is 585 g/mol. The molecule has 2 aliphatic heterocycles. The summed E-state index contributed by atoms with van der Waals surface area (Å²) in [5.74, 6) is -0.315. The van der Waals surface area contributed by atoms with Crippen LogP contribution in [0, 0.1) is 12.7 Å². The van der Waals surface area contributed by atoms with Crippen molar-refractivity contribution in [1.29, 1.82) is 0 Å². The number of nitrogens with zero attached hydrogens (tertiary/aromatic N) is 4. The molecule has 2 saturated heterocycles. The van der Waals surface area contributed by atoms with Crippen LogP contribution >= 0.6 is 11.5 Å². The van der Waals surface area contributed by atoms with Crippen LogP contribution in [0.4, 0.5) is 36.8 Å². The maximum atomic E-state index is 14.5. The fourth-order valence-corrected chi connectivity index (χ4v) is 5.78. The Morgan fingerprint density at radius 1 is 1.23 bits per heavy atom. The number of nitrogens with one attached hydrogen (secondary N) is 1. The number of benzene rings is 2. The van der Waals surface area contributed by atoms with Crippen molar-refractivity contribution in [1.82, 2.24) is 19.2 Å². The number of hydrogen-bond acceptors (Lipinski definition) is 6. The molecule has 214 valence electrons. The number of carbonyl (C=O) groups excluding carboxylic acids is 1. The molecular weight excluding hydrogens is 560 g/mol.